The number of hydrogen-bond donors (Lipinski definition) is 2. The summed E-state index contributed by atoms with van der Waals surface area (Å²) in [5.74, 6) is -1.73. The number of carbonyl (C=O) groups excluding carboxylic acids is 2. The van der Waals surface area contributed by atoms with Crippen LogP contribution in [0.2, 0.25) is 0 Å². The number of nitrogens with one attached hydrogen (secondary N) is 1. The zero-order chi connectivity index (χ0) is 20.1. The zero-order valence-electron chi connectivity index (χ0n) is 15.8. The van der Waals surface area contributed by atoms with E-state index in [4.69, 9.17) is 4.42 Å². The number of benzene rings is 1. The van der Waals surface area contributed by atoms with Crippen molar-refractivity contribution in [2.75, 3.05) is 0 Å². The van der Waals surface area contributed by atoms with E-state index in [1.807, 2.05) is 6.92 Å². The molecule has 0 aliphatic heterocycles. The van der Waals surface area contributed by atoms with Gasteiger partial charge in [0.05, 0.1) is 12.0 Å². The molecule has 1 aromatic carbocycles. The molecule has 1 atom stereocenters. The SMILES string of the molecule is CCCC[C@H](NC(=O)CCc1c(C)c2ccc(O)c(C)c2oc1=O)C(=O)[O-]. The molecule has 1 heterocycles. The summed E-state index contributed by atoms with van der Waals surface area (Å²) in [5, 5.41) is 24.0. The first-order valence-electron chi connectivity index (χ1n) is 9.01. The largest absolute Gasteiger partial charge is 0.548 e. The lowest BCUT2D eigenvalue weighted by Crippen LogP contribution is -2.47. The number of carboxylic acids is 1. The van der Waals surface area contributed by atoms with Gasteiger partial charge in [-0.1, -0.05) is 19.8 Å². The summed E-state index contributed by atoms with van der Waals surface area (Å²) >= 11 is 0. The maximum atomic E-state index is 12.3. The van der Waals surface area contributed by atoms with Crippen molar-refractivity contribution in [3.8, 4) is 5.75 Å². The van der Waals surface area contributed by atoms with Crippen molar-refractivity contribution in [2.24, 2.45) is 0 Å². The van der Waals surface area contributed by atoms with E-state index in [9.17, 15) is 24.6 Å². The van der Waals surface area contributed by atoms with Gasteiger partial charge in [-0.3, -0.25) is 4.79 Å². The molecule has 0 saturated carbocycles. The number of hydrogen-bond acceptors (Lipinski definition) is 6. The summed E-state index contributed by atoms with van der Waals surface area (Å²) in [6.45, 7) is 5.34. The second kappa shape index (κ2) is 8.70. The molecule has 0 spiro atoms. The van der Waals surface area contributed by atoms with Gasteiger partial charge in [-0.15, -0.1) is 0 Å². The first-order valence-corrected chi connectivity index (χ1v) is 9.01. The third-order valence-corrected chi connectivity index (χ3v) is 4.74. The smallest absolute Gasteiger partial charge is 0.339 e. The van der Waals surface area contributed by atoms with Crippen LogP contribution in [0.1, 0.15) is 49.3 Å². The highest BCUT2D eigenvalue weighted by molar-refractivity contribution is 5.86. The summed E-state index contributed by atoms with van der Waals surface area (Å²) < 4.78 is 5.34. The topological polar surface area (TPSA) is 120 Å². The van der Waals surface area contributed by atoms with Crippen molar-refractivity contribution in [1.82, 2.24) is 5.32 Å². The molecule has 7 heteroatoms. The Hall–Kier alpha value is -2.83. The van der Waals surface area contributed by atoms with Gasteiger partial charge in [-0.05, 0) is 44.4 Å². The van der Waals surface area contributed by atoms with Crippen LogP contribution in [-0.2, 0) is 16.0 Å². The van der Waals surface area contributed by atoms with Crippen molar-refractivity contribution in [1.29, 1.82) is 0 Å². The van der Waals surface area contributed by atoms with Gasteiger partial charge in [-0.25, -0.2) is 4.79 Å². The van der Waals surface area contributed by atoms with Crippen LogP contribution in [0.4, 0.5) is 0 Å². The predicted octanol–water partition coefficient (Wildman–Crippen LogP) is 1.47. The number of phenolic OH excluding ortho intramolecular Hbond substituents is 1. The zero-order valence-corrected chi connectivity index (χ0v) is 15.8. The Labute approximate surface area is 157 Å². The first kappa shape index (κ1) is 20.5. The van der Waals surface area contributed by atoms with E-state index < -0.39 is 23.5 Å². The predicted molar refractivity (Wildman–Crippen MR) is 98.4 cm³/mol. The lowest BCUT2D eigenvalue weighted by molar-refractivity contribution is -0.308. The molecule has 1 aromatic heterocycles. The lowest BCUT2D eigenvalue weighted by atomic mass is 10.00. The van der Waals surface area contributed by atoms with Gasteiger partial charge in [0.2, 0.25) is 5.91 Å². The highest BCUT2D eigenvalue weighted by Gasteiger charge is 2.17. The molecule has 0 saturated heterocycles. The minimum Gasteiger partial charge on any atom is -0.548 e. The standard InChI is InChI=1S/C20H25NO6/c1-4-5-6-15(19(24)25)21-17(23)10-8-14-11(2)13-7-9-16(22)12(3)18(13)27-20(14)26/h7,9,15,22H,4-6,8,10H2,1-3H3,(H,21,23)(H,24,25)/p-1/t15-/m0/s1. The number of rotatable bonds is 8. The molecule has 0 bridgehead atoms. The van der Waals surface area contributed by atoms with E-state index >= 15 is 0 Å². The van der Waals surface area contributed by atoms with Crippen LogP contribution in [0, 0.1) is 13.8 Å². The Balaban J connectivity index is 2.17. The molecule has 0 fully saturated rings. The molecule has 0 aliphatic carbocycles. The van der Waals surface area contributed by atoms with Crippen LogP contribution in [0.5, 0.6) is 5.75 Å². The maximum Gasteiger partial charge on any atom is 0.339 e. The van der Waals surface area contributed by atoms with Crippen molar-refractivity contribution in [3.05, 3.63) is 39.2 Å². The number of aliphatic carboxylic acids is 1. The van der Waals surface area contributed by atoms with Crippen molar-refractivity contribution < 1.29 is 24.2 Å². The van der Waals surface area contributed by atoms with Crippen LogP contribution in [0.15, 0.2) is 21.3 Å². The second-order valence-corrected chi connectivity index (χ2v) is 6.66. The Morgan fingerprint density at radius 2 is 1.96 bits per heavy atom. The number of phenols is 1. The van der Waals surface area contributed by atoms with Gasteiger partial charge in [-0.2, -0.15) is 0 Å². The Morgan fingerprint density at radius 1 is 1.26 bits per heavy atom. The number of fused-ring (bicyclic) bond motifs is 1. The van der Waals surface area contributed by atoms with Crippen LogP contribution < -0.4 is 16.0 Å². The fourth-order valence-electron chi connectivity index (χ4n) is 3.03. The fourth-order valence-corrected chi connectivity index (χ4v) is 3.03. The van der Waals surface area contributed by atoms with E-state index in [1.165, 1.54) is 6.07 Å². The molecular formula is C20H24NO6-. The molecule has 27 heavy (non-hydrogen) atoms. The molecule has 0 unspecified atom stereocenters. The summed E-state index contributed by atoms with van der Waals surface area (Å²) in [6.07, 6.45) is 1.88. The minimum absolute atomic E-state index is 0.0376. The summed E-state index contributed by atoms with van der Waals surface area (Å²) in [4.78, 5) is 35.5. The molecule has 2 rings (SSSR count). The number of amides is 1. The molecule has 0 radical (unpaired) electrons. The highest BCUT2D eigenvalue weighted by atomic mass is 16.4. The third-order valence-electron chi connectivity index (χ3n) is 4.74. The van der Waals surface area contributed by atoms with Gasteiger partial charge in [0, 0.05) is 22.9 Å². The molecule has 2 aromatic rings. The van der Waals surface area contributed by atoms with Gasteiger partial charge in [0.25, 0.3) is 0 Å². The summed E-state index contributed by atoms with van der Waals surface area (Å²) in [7, 11) is 0. The highest BCUT2D eigenvalue weighted by Crippen LogP contribution is 2.28. The van der Waals surface area contributed by atoms with Crippen LogP contribution in [-0.4, -0.2) is 23.0 Å². The quantitative estimate of drug-likeness (QED) is 0.675. The average Bonchev–Trinajstić information content (AvgIpc) is 2.61. The van der Waals surface area contributed by atoms with Gasteiger partial charge in [0.1, 0.15) is 11.3 Å². The Morgan fingerprint density at radius 3 is 2.59 bits per heavy atom. The van der Waals surface area contributed by atoms with Crippen LogP contribution in [0.25, 0.3) is 11.0 Å². The molecule has 7 nitrogen and oxygen atoms in total. The van der Waals surface area contributed by atoms with Crippen molar-refractivity contribution in [3.63, 3.8) is 0 Å². The minimum atomic E-state index is -1.31. The van der Waals surface area contributed by atoms with Gasteiger partial charge in [0.15, 0.2) is 0 Å². The summed E-state index contributed by atoms with van der Waals surface area (Å²) in [6, 6.07) is 2.16. The number of unbranched alkanes of at least 4 members (excludes halogenated alkanes) is 1. The van der Waals surface area contributed by atoms with Gasteiger partial charge < -0.3 is 24.7 Å². The van der Waals surface area contributed by atoms with E-state index in [0.29, 0.717) is 40.5 Å². The summed E-state index contributed by atoms with van der Waals surface area (Å²) in [5.41, 5.74) is 1.27. The Kier molecular flexibility index (Phi) is 6.60. The third kappa shape index (κ3) is 4.67. The average molecular weight is 374 g/mol. The maximum absolute atomic E-state index is 12.3. The first-order chi connectivity index (χ1) is 12.8. The lowest BCUT2D eigenvalue weighted by Gasteiger charge is -2.19. The van der Waals surface area contributed by atoms with E-state index in [2.05, 4.69) is 5.32 Å². The normalized spacial score (nSPS) is 12.1. The molecule has 146 valence electrons. The van der Waals surface area contributed by atoms with E-state index in [0.717, 1.165) is 6.42 Å². The number of carboxylic acid groups (broad SMARTS) is 1. The monoisotopic (exact) mass is 374 g/mol. The molecule has 2 N–H and O–H groups in total. The van der Waals surface area contributed by atoms with E-state index in [1.54, 1.807) is 19.9 Å². The van der Waals surface area contributed by atoms with Crippen LogP contribution in [0.3, 0.4) is 0 Å². The Bertz CT molecular complexity index is 915. The number of carbonyl (C=O) groups is 2. The number of aryl methyl sites for hydroxylation is 2. The van der Waals surface area contributed by atoms with Crippen molar-refractivity contribution in [2.45, 2.75) is 58.9 Å². The number of aromatic hydroxyl groups is 1. The fraction of sp³-hybridized carbons (Fsp3) is 0.450. The molecule has 1 amide bonds. The van der Waals surface area contributed by atoms with Gasteiger partial charge >= 0.3 is 5.63 Å². The molecule has 0 aliphatic rings. The van der Waals surface area contributed by atoms with Crippen molar-refractivity contribution >= 4 is 22.8 Å². The molecular weight excluding hydrogens is 350 g/mol. The van der Waals surface area contributed by atoms with Crippen LogP contribution >= 0.6 is 0 Å². The second-order valence-electron chi connectivity index (χ2n) is 6.66. The van der Waals surface area contributed by atoms with E-state index in [-0.39, 0.29) is 18.6 Å².